The van der Waals surface area contributed by atoms with Crippen LogP contribution in [0.1, 0.15) is 19.8 Å². The summed E-state index contributed by atoms with van der Waals surface area (Å²) in [5, 5.41) is 0. The molecule has 21 heavy (non-hydrogen) atoms. The summed E-state index contributed by atoms with van der Waals surface area (Å²) in [7, 11) is 0. The first-order chi connectivity index (χ1) is 10.2. The molecule has 1 aliphatic rings. The molecule has 0 saturated carbocycles. The Morgan fingerprint density at radius 3 is 3.05 bits per heavy atom. The van der Waals surface area contributed by atoms with Gasteiger partial charge in [0.2, 0.25) is 5.91 Å². The molecule has 0 aliphatic carbocycles. The van der Waals surface area contributed by atoms with Crippen LogP contribution in [-0.2, 0) is 9.53 Å². The molecule has 0 aromatic heterocycles. The Kier molecular flexibility index (Phi) is 5.87. The maximum Gasteiger partial charge on any atom is 0.225 e. The zero-order chi connectivity index (χ0) is 15.1. The summed E-state index contributed by atoms with van der Waals surface area (Å²) in [4.78, 5) is 14.1. The van der Waals surface area contributed by atoms with Crippen LogP contribution in [0.25, 0.3) is 0 Å². The first-order valence-corrected chi connectivity index (χ1v) is 7.53. The number of amides is 1. The van der Waals surface area contributed by atoms with Crippen LogP contribution < -0.4 is 10.5 Å². The normalized spacial score (nSPS) is 17.7. The van der Waals surface area contributed by atoms with Gasteiger partial charge in [-0.1, -0.05) is 6.07 Å². The Morgan fingerprint density at radius 2 is 2.38 bits per heavy atom. The number of hydrogen-bond donors (Lipinski definition) is 1. The van der Waals surface area contributed by atoms with Crippen molar-refractivity contribution in [3.05, 3.63) is 24.3 Å². The third-order valence-electron chi connectivity index (χ3n) is 3.68. The van der Waals surface area contributed by atoms with E-state index in [1.165, 1.54) is 0 Å². The van der Waals surface area contributed by atoms with Crippen molar-refractivity contribution in [1.82, 2.24) is 4.90 Å². The van der Waals surface area contributed by atoms with E-state index in [1.807, 2.05) is 24.0 Å². The number of nitrogens with zero attached hydrogens (tertiary/aromatic N) is 1. The Balaban J connectivity index is 1.74. The van der Waals surface area contributed by atoms with Gasteiger partial charge in [-0.2, -0.15) is 0 Å². The molecule has 116 valence electrons. The van der Waals surface area contributed by atoms with E-state index in [0.717, 1.165) is 32.7 Å². The van der Waals surface area contributed by atoms with Crippen LogP contribution in [0.2, 0.25) is 0 Å². The second kappa shape index (κ2) is 7.88. The van der Waals surface area contributed by atoms with Crippen LogP contribution in [0.15, 0.2) is 24.3 Å². The molecule has 1 saturated heterocycles. The number of carbonyl (C=O) groups excluding carboxylic acids is 1. The topological polar surface area (TPSA) is 64.8 Å². The molecule has 2 N–H and O–H groups in total. The summed E-state index contributed by atoms with van der Waals surface area (Å²) in [6.45, 7) is 5.48. The number of nitrogens with two attached hydrogens (primary N) is 1. The van der Waals surface area contributed by atoms with Crippen molar-refractivity contribution >= 4 is 11.6 Å². The molecule has 1 atom stereocenters. The minimum atomic E-state index is 0.133. The number of nitrogen functional groups attached to an aromatic ring is 1. The van der Waals surface area contributed by atoms with Gasteiger partial charge in [-0.25, -0.2) is 0 Å². The average Bonchev–Trinajstić information content (AvgIpc) is 2.97. The zero-order valence-corrected chi connectivity index (χ0v) is 12.6. The van der Waals surface area contributed by atoms with Gasteiger partial charge in [0.1, 0.15) is 5.75 Å². The van der Waals surface area contributed by atoms with Crippen molar-refractivity contribution in [3.8, 4) is 5.75 Å². The molecule has 1 fully saturated rings. The highest BCUT2D eigenvalue weighted by atomic mass is 16.5. The summed E-state index contributed by atoms with van der Waals surface area (Å²) in [6.07, 6.45) is 1.43. The van der Waals surface area contributed by atoms with Crippen LogP contribution in [0.4, 0.5) is 5.69 Å². The highest BCUT2D eigenvalue weighted by Gasteiger charge is 2.21. The molecule has 1 heterocycles. The number of ether oxygens (including phenoxy) is 2. The number of hydrogen-bond acceptors (Lipinski definition) is 4. The predicted octanol–water partition coefficient (Wildman–Crippen LogP) is 1.92. The summed E-state index contributed by atoms with van der Waals surface area (Å²) < 4.78 is 10.9. The monoisotopic (exact) mass is 292 g/mol. The lowest BCUT2D eigenvalue weighted by atomic mass is 10.1. The molecule has 2 rings (SSSR count). The SMILES string of the molecule is CCN(CC1CCOC1)C(=O)CCOc1cccc(N)c1. The van der Waals surface area contributed by atoms with Gasteiger partial charge in [0.25, 0.3) is 0 Å². The van der Waals surface area contributed by atoms with Gasteiger partial charge in [-0.3, -0.25) is 4.79 Å². The van der Waals surface area contributed by atoms with Gasteiger partial charge in [0.05, 0.1) is 19.6 Å². The van der Waals surface area contributed by atoms with Crippen molar-refractivity contribution in [2.24, 2.45) is 5.92 Å². The van der Waals surface area contributed by atoms with Crippen molar-refractivity contribution in [2.75, 3.05) is 38.6 Å². The molecule has 1 aromatic rings. The molecule has 1 unspecified atom stereocenters. The minimum Gasteiger partial charge on any atom is -0.493 e. The molecular formula is C16H24N2O3. The quantitative estimate of drug-likeness (QED) is 0.780. The molecule has 5 nitrogen and oxygen atoms in total. The molecule has 0 radical (unpaired) electrons. The minimum absolute atomic E-state index is 0.133. The highest BCUT2D eigenvalue weighted by Crippen LogP contribution is 2.16. The fraction of sp³-hybridized carbons (Fsp3) is 0.562. The number of rotatable bonds is 7. The maximum absolute atomic E-state index is 12.2. The van der Waals surface area contributed by atoms with E-state index in [9.17, 15) is 4.79 Å². The van der Waals surface area contributed by atoms with Crippen LogP contribution in [-0.4, -0.2) is 43.7 Å². The van der Waals surface area contributed by atoms with Crippen LogP contribution in [0.5, 0.6) is 5.75 Å². The smallest absolute Gasteiger partial charge is 0.225 e. The van der Waals surface area contributed by atoms with Crippen LogP contribution in [0.3, 0.4) is 0 Å². The fourth-order valence-corrected chi connectivity index (χ4v) is 2.46. The Hall–Kier alpha value is -1.75. The lowest BCUT2D eigenvalue weighted by Crippen LogP contribution is -2.36. The van der Waals surface area contributed by atoms with Gasteiger partial charge in [-0.15, -0.1) is 0 Å². The number of benzene rings is 1. The van der Waals surface area contributed by atoms with Gasteiger partial charge < -0.3 is 20.1 Å². The third-order valence-corrected chi connectivity index (χ3v) is 3.68. The van der Waals surface area contributed by atoms with Crippen molar-refractivity contribution in [2.45, 2.75) is 19.8 Å². The largest absolute Gasteiger partial charge is 0.493 e. The maximum atomic E-state index is 12.2. The lowest BCUT2D eigenvalue weighted by molar-refractivity contribution is -0.132. The number of anilines is 1. The molecule has 1 aromatic carbocycles. The molecule has 1 aliphatic heterocycles. The van der Waals surface area contributed by atoms with E-state index < -0.39 is 0 Å². The van der Waals surface area contributed by atoms with E-state index in [4.69, 9.17) is 15.2 Å². The number of carbonyl (C=O) groups is 1. The van der Waals surface area contributed by atoms with Gasteiger partial charge in [0, 0.05) is 37.4 Å². The van der Waals surface area contributed by atoms with E-state index in [-0.39, 0.29) is 5.91 Å². The summed E-state index contributed by atoms with van der Waals surface area (Å²) in [6, 6.07) is 7.25. The van der Waals surface area contributed by atoms with Gasteiger partial charge in [0.15, 0.2) is 0 Å². The molecule has 0 spiro atoms. The van der Waals surface area contributed by atoms with Crippen molar-refractivity contribution < 1.29 is 14.3 Å². The molecule has 0 bridgehead atoms. The molecule has 5 heteroatoms. The molecular weight excluding hydrogens is 268 g/mol. The van der Waals surface area contributed by atoms with E-state index in [1.54, 1.807) is 12.1 Å². The van der Waals surface area contributed by atoms with E-state index in [0.29, 0.717) is 30.4 Å². The second-order valence-corrected chi connectivity index (χ2v) is 5.33. The summed E-state index contributed by atoms with van der Waals surface area (Å²) in [5.74, 6) is 1.31. The van der Waals surface area contributed by atoms with Crippen molar-refractivity contribution in [1.29, 1.82) is 0 Å². The van der Waals surface area contributed by atoms with Crippen LogP contribution in [0, 0.1) is 5.92 Å². The van der Waals surface area contributed by atoms with Gasteiger partial charge >= 0.3 is 0 Å². The fourth-order valence-electron chi connectivity index (χ4n) is 2.46. The summed E-state index contributed by atoms with van der Waals surface area (Å²) in [5.41, 5.74) is 6.35. The Labute approximate surface area is 126 Å². The first kappa shape index (κ1) is 15.6. The Bertz CT molecular complexity index is 459. The third kappa shape index (κ3) is 4.93. The lowest BCUT2D eigenvalue weighted by Gasteiger charge is -2.23. The van der Waals surface area contributed by atoms with Crippen molar-refractivity contribution in [3.63, 3.8) is 0 Å². The predicted molar refractivity (Wildman–Crippen MR) is 82.1 cm³/mol. The Morgan fingerprint density at radius 1 is 1.52 bits per heavy atom. The average molecular weight is 292 g/mol. The standard InChI is InChI=1S/C16H24N2O3/c1-2-18(11-13-6-8-20-12-13)16(19)7-9-21-15-5-3-4-14(17)10-15/h3-5,10,13H,2,6-9,11-12,17H2,1H3. The summed E-state index contributed by atoms with van der Waals surface area (Å²) >= 11 is 0. The van der Waals surface area contributed by atoms with Gasteiger partial charge in [-0.05, 0) is 25.5 Å². The van der Waals surface area contributed by atoms with E-state index >= 15 is 0 Å². The first-order valence-electron chi connectivity index (χ1n) is 7.53. The van der Waals surface area contributed by atoms with E-state index in [2.05, 4.69) is 0 Å². The highest BCUT2D eigenvalue weighted by molar-refractivity contribution is 5.76. The second-order valence-electron chi connectivity index (χ2n) is 5.33. The van der Waals surface area contributed by atoms with Crippen LogP contribution >= 0.6 is 0 Å². The zero-order valence-electron chi connectivity index (χ0n) is 12.6. The molecule has 1 amide bonds.